The van der Waals surface area contributed by atoms with Crippen LogP contribution in [0.2, 0.25) is 0 Å². The van der Waals surface area contributed by atoms with E-state index in [1.54, 1.807) is 0 Å². The summed E-state index contributed by atoms with van der Waals surface area (Å²) in [5.41, 5.74) is 6.44. The van der Waals surface area contributed by atoms with Crippen LogP contribution in [-0.4, -0.2) is 28.3 Å². The zero-order chi connectivity index (χ0) is 11.4. The molecule has 0 saturated carbocycles. The summed E-state index contributed by atoms with van der Waals surface area (Å²) in [4.78, 5) is 10.4. The molecule has 82 valence electrons. The van der Waals surface area contributed by atoms with E-state index in [2.05, 4.69) is 15.9 Å². The van der Waals surface area contributed by atoms with Crippen molar-refractivity contribution in [3.63, 3.8) is 0 Å². The third-order valence-corrected chi connectivity index (χ3v) is 2.57. The maximum absolute atomic E-state index is 10.4. The van der Waals surface area contributed by atoms with E-state index in [-0.39, 0.29) is 0 Å². The summed E-state index contributed by atoms with van der Waals surface area (Å²) in [5.74, 6) is -1.29. The van der Waals surface area contributed by atoms with Gasteiger partial charge in [0.05, 0.1) is 0 Å². The summed E-state index contributed by atoms with van der Waals surface area (Å²) in [6.07, 6.45) is -1.19. The van der Waals surface area contributed by atoms with Crippen molar-refractivity contribution in [2.45, 2.75) is 18.6 Å². The molecule has 1 aromatic carbocycles. The van der Waals surface area contributed by atoms with E-state index in [0.29, 0.717) is 6.42 Å². The minimum absolute atomic E-state index is 0.334. The van der Waals surface area contributed by atoms with Crippen molar-refractivity contribution < 1.29 is 15.0 Å². The van der Waals surface area contributed by atoms with Gasteiger partial charge in [0.15, 0.2) is 6.10 Å². The van der Waals surface area contributed by atoms with Gasteiger partial charge in [-0.25, -0.2) is 4.79 Å². The molecule has 0 bridgehead atoms. The van der Waals surface area contributed by atoms with Crippen molar-refractivity contribution in [3.05, 3.63) is 34.3 Å². The maximum Gasteiger partial charge on any atom is 0.334 e. The van der Waals surface area contributed by atoms with Gasteiger partial charge in [-0.3, -0.25) is 0 Å². The molecule has 5 heteroatoms. The number of carbonyl (C=O) groups is 1. The van der Waals surface area contributed by atoms with Crippen LogP contribution in [-0.2, 0) is 11.2 Å². The summed E-state index contributed by atoms with van der Waals surface area (Å²) in [5, 5.41) is 17.7. The SMILES string of the molecule is N[C@H](Cc1ccc(Br)cc1)C(O)C(=O)O. The molecule has 0 aliphatic rings. The largest absolute Gasteiger partial charge is 0.479 e. The monoisotopic (exact) mass is 273 g/mol. The van der Waals surface area contributed by atoms with Gasteiger partial charge in [-0.2, -0.15) is 0 Å². The number of carboxylic acids is 1. The summed E-state index contributed by atoms with van der Waals surface area (Å²) in [6.45, 7) is 0. The zero-order valence-electron chi connectivity index (χ0n) is 7.93. The van der Waals surface area contributed by atoms with E-state index in [0.717, 1.165) is 10.0 Å². The van der Waals surface area contributed by atoms with Crippen LogP contribution >= 0.6 is 15.9 Å². The van der Waals surface area contributed by atoms with E-state index in [4.69, 9.17) is 10.8 Å². The Labute approximate surface area is 95.8 Å². The van der Waals surface area contributed by atoms with Crippen LogP contribution in [0, 0.1) is 0 Å². The number of carboxylic acid groups (broad SMARTS) is 1. The standard InChI is InChI=1S/C10H12BrNO3/c11-7-3-1-6(2-4-7)5-8(12)9(13)10(14)15/h1-4,8-9,13H,5,12H2,(H,14,15)/t8-,9?/m1/s1. The lowest BCUT2D eigenvalue weighted by atomic mass is 10.0. The number of halogens is 1. The van der Waals surface area contributed by atoms with Crippen LogP contribution in [0.1, 0.15) is 5.56 Å². The van der Waals surface area contributed by atoms with E-state index in [1.807, 2.05) is 24.3 Å². The highest BCUT2D eigenvalue weighted by Gasteiger charge is 2.21. The topological polar surface area (TPSA) is 83.5 Å². The fourth-order valence-electron chi connectivity index (χ4n) is 1.19. The summed E-state index contributed by atoms with van der Waals surface area (Å²) >= 11 is 3.29. The van der Waals surface area contributed by atoms with Crippen molar-refractivity contribution in [2.75, 3.05) is 0 Å². The van der Waals surface area contributed by atoms with Gasteiger partial charge in [-0.05, 0) is 24.1 Å². The average Bonchev–Trinajstić information content (AvgIpc) is 2.20. The van der Waals surface area contributed by atoms with Gasteiger partial charge in [0.2, 0.25) is 0 Å². The van der Waals surface area contributed by atoms with Gasteiger partial charge in [-0.15, -0.1) is 0 Å². The fraction of sp³-hybridized carbons (Fsp3) is 0.300. The second kappa shape index (κ2) is 5.25. The van der Waals surface area contributed by atoms with E-state index in [1.165, 1.54) is 0 Å². The molecular formula is C10H12BrNO3. The summed E-state index contributed by atoms with van der Waals surface area (Å²) < 4.78 is 0.943. The predicted molar refractivity (Wildman–Crippen MR) is 59.5 cm³/mol. The number of nitrogens with two attached hydrogens (primary N) is 1. The number of aliphatic carboxylic acids is 1. The molecule has 1 aromatic rings. The Morgan fingerprint density at radius 2 is 1.93 bits per heavy atom. The molecule has 0 aliphatic heterocycles. The first kappa shape index (κ1) is 12.2. The fourth-order valence-corrected chi connectivity index (χ4v) is 1.45. The average molecular weight is 274 g/mol. The van der Waals surface area contributed by atoms with Crippen LogP contribution in [0.4, 0.5) is 0 Å². The Morgan fingerprint density at radius 3 is 2.40 bits per heavy atom. The molecule has 0 heterocycles. The molecule has 0 radical (unpaired) electrons. The van der Waals surface area contributed by atoms with Crippen molar-refractivity contribution in [2.24, 2.45) is 5.73 Å². The quantitative estimate of drug-likeness (QED) is 0.757. The van der Waals surface area contributed by atoms with Gasteiger partial charge in [0.25, 0.3) is 0 Å². The molecule has 1 rings (SSSR count). The highest BCUT2D eigenvalue weighted by molar-refractivity contribution is 9.10. The molecule has 0 amide bonds. The first-order valence-electron chi connectivity index (χ1n) is 4.41. The second-order valence-corrected chi connectivity index (χ2v) is 4.19. The molecule has 15 heavy (non-hydrogen) atoms. The summed E-state index contributed by atoms with van der Waals surface area (Å²) in [6, 6.07) is 6.56. The van der Waals surface area contributed by atoms with Gasteiger partial charge in [-0.1, -0.05) is 28.1 Å². The second-order valence-electron chi connectivity index (χ2n) is 3.28. The number of aliphatic hydroxyl groups is 1. The Balaban J connectivity index is 2.62. The number of hydrogen-bond acceptors (Lipinski definition) is 3. The van der Waals surface area contributed by atoms with Crippen LogP contribution in [0.3, 0.4) is 0 Å². The lowest BCUT2D eigenvalue weighted by molar-refractivity contribution is -0.147. The molecule has 1 unspecified atom stereocenters. The van der Waals surface area contributed by atoms with Crippen LogP contribution < -0.4 is 5.73 Å². The zero-order valence-corrected chi connectivity index (χ0v) is 9.52. The number of aliphatic hydroxyl groups excluding tert-OH is 1. The minimum Gasteiger partial charge on any atom is -0.479 e. The molecule has 4 N–H and O–H groups in total. The van der Waals surface area contributed by atoms with Crippen molar-refractivity contribution in [1.29, 1.82) is 0 Å². The third kappa shape index (κ3) is 3.62. The smallest absolute Gasteiger partial charge is 0.334 e. The van der Waals surface area contributed by atoms with Crippen molar-refractivity contribution in [1.82, 2.24) is 0 Å². The van der Waals surface area contributed by atoms with Crippen molar-refractivity contribution in [3.8, 4) is 0 Å². The van der Waals surface area contributed by atoms with Crippen LogP contribution in [0.25, 0.3) is 0 Å². The first-order chi connectivity index (χ1) is 7.00. The molecule has 0 aliphatic carbocycles. The van der Waals surface area contributed by atoms with E-state index >= 15 is 0 Å². The normalized spacial score (nSPS) is 14.6. The Morgan fingerprint density at radius 1 is 1.40 bits per heavy atom. The van der Waals surface area contributed by atoms with Gasteiger partial charge >= 0.3 is 5.97 Å². The van der Waals surface area contributed by atoms with E-state index < -0.39 is 18.1 Å². The maximum atomic E-state index is 10.4. The molecular weight excluding hydrogens is 262 g/mol. The lowest BCUT2D eigenvalue weighted by Gasteiger charge is -2.14. The van der Waals surface area contributed by atoms with Crippen LogP contribution in [0.5, 0.6) is 0 Å². The predicted octanol–water partition coefficient (Wildman–Crippen LogP) is 0.764. The molecule has 0 spiro atoms. The third-order valence-electron chi connectivity index (χ3n) is 2.04. The van der Waals surface area contributed by atoms with Gasteiger partial charge in [0.1, 0.15) is 0 Å². The number of hydrogen-bond donors (Lipinski definition) is 3. The molecule has 0 aromatic heterocycles. The lowest BCUT2D eigenvalue weighted by Crippen LogP contribution is -2.41. The van der Waals surface area contributed by atoms with E-state index in [9.17, 15) is 9.90 Å². The molecule has 0 saturated heterocycles. The number of rotatable bonds is 4. The minimum atomic E-state index is -1.52. The Kier molecular flexibility index (Phi) is 4.26. The van der Waals surface area contributed by atoms with Crippen molar-refractivity contribution >= 4 is 21.9 Å². The molecule has 4 nitrogen and oxygen atoms in total. The van der Waals surface area contributed by atoms with Crippen LogP contribution in [0.15, 0.2) is 28.7 Å². The molecule has 0 fully saturated rings. The molecule has 2 atom stereocenters. The first-order valence-corrected chi connectivity index (χ1v) is 5.21. The Hall–Kier alpha value is -0.910. The van der Waals surface area contributed by atoms with Gasteiger partial charge < -0.3 is 15.9 Å². The highest BCUT2D eigenvalue weighted by atomic mass is 79.9. The van der Waals surface area contributed by atoms with Gasteiger partial charge in [0, 0.05) is 10.5 Å². The Bertz CT molecular complexity index is 339. The number of benzene rings is 1. The summed E-state index contributed by atoms with van der Waals surface area (Å²) in [7, 11) is 0. The highest BCUT2D eigenvalue weighted by Crippen LogP contribution is 2.12.